The summed E-state index contributed by atoms with van der Waals surface area (Å²) in [6.07, 6.45) is -0.153. The number of nitrogens with zero attached hydrogens (tertiary/aromatic N) is 1. The van der Waals surface area contributed by atoms with Crippen molar-refractivity contribution in [2.24, 2.45) is 4.99 Å². The van der Waals surface area contributed by atoms with Crippen LogP contribution in [0.4, 0.5) is 0 Å². The molecule has 0 saturated heterocycles. The highest BCUT2D eigenvalue weighted by molar-refractivity contribution is 7.20. The molecule has 3 rings (SSSR count). The molecule has 3 nitrogen and oxygen atoms in total. The Labute approximate surface area is 97.3 Å². The van der Waals surface area contributed by atoms with Gasteiger partial charge in [-0.1, -0.05) is 18.2 Å². The number of hydrogen-bond donors (Lipinski definition) is 0. The van der Waals surface area contributed by atoms with E-state index in [9.17, 15) is 0 Å². The number of thiophene rings is 1. The third kappa shape index (κ3) is 1.60. The lowest BCUT2D eigenvalue weighted by atomic mass is 10.2. The Morgan fingerprint density at radius 1 is 1.44 bits per heavy atom. The van der Waals surface area contributed by atoms with Gasteiger partial charge < -0.3 is 9.47 Å². The van der Waals surface area contributed by atoms with E-state index in [2.05, 4.69) is 23.2 Å². The van der Waals surface area contributed by atoms with Crippen LogP contribution in [-0.2, 0) is 9.47 Å². The topological polar surface area (TPSA) is 30.8 Å². The largest absolute Gasteiger partial charge is 0.472 e. The summed E-state index contributed by atoms with van der Waals surface area (Å²) in [7, 11) is 1.64. The third-order valence-corrected chi connectivity index (χ3v) is 3.64. The smallest absolute Gasteiger partial charge is 0.229 e. The second-order valence-electron chi connectivity index (χ2n) is 3.58. The maximum atomic E-state index is 5.51. The van der Waals surface area contributed by atoms with Crippen molar-refractivity contribution in [3.63, 3.8) is 0 Å². The molecule has 16 heavy (non-hydrogen) atoms. The van der Waals surface area contributed by atoms with Crippen LogP contribution in [0.1, 0.15) is 4.88 Å². The lowest BCUT2D eigenvalue weighted by Gasteiger charge is -1.98. The van der Waals surface area contributed by atoms with Gasteiger partial charge in [-0.15, -0.1) is 11.3 Å². The van der Waals surface area contributed by atoms with Gasteiger partial charge >= 0.3 is 0 Å². The van der Waals surface area contributed by atoms with Gasteiger partial charge in [0.15, 0.2) is 6.23 Å². The minimum Gasteiger partial charge on any atom is -0.472 e. The lowest BCUT2D eigenvalue weighted by Crippen LogP contribution is -2.07. The average Bonchev–Trinajstić information content (AvgIpc) is 2.95. The Morgan fingerprint density at radius 3 is 3.06 bits per heavy atom. The van der Waals surface area contributed by atoms with Gasteiger partial charge in [-0.2, -0.15) is 0 Å². The Kier molecular flexibility index (Phi) is 2.38. The Morgan fingerprint density at radius 2 is 2.31 bits per heavy atom. The first kappa shape index (κ1) is 9.81. The van der Waals surface area contributed by atoms with E-state index in [1.165, 1.54) is 10.1 Å². The van der Waals surface area contributed by atoms with Crippen LogP contribution >= 0.6 is 11.3 Å². The van der Waals surface area contributed by atoms with E-state index in [1.807, 2.05) is 12.1 Å². The summed E-state index contributed by atoms with van der Waals surface area (Å²) in [5, 5.41) is 1.23. The van der Waals surface area contributed by atoms with E-state index < -0.39 is 0 Å². The summed E-state index contributed by atoms with van der Waals surface area (Å²) < 4.78 is 11.9. The molecular weight excluding hydrogens is 222 g/mol. The van der Waals surface area contributed by atoms with Crippen molar-refractivity contribution >= 4 is 27.3 Å². The second-order valence-corrected chi connectivity index (χ2v) is 4.67. The van der Waals surface area contributed by atoms with E-state index in [1.54, 1.807) is 18.4 Å². The fourth-order valence-electron chi connectivity index (χ4n) is 1.70. The molecule has 0 radical (unpaired) electrons. The van der Waals surface area contributed by atoms with Crippen LogP contribution < -0.4 is 0 Å². The molecule has 1 unspecified atom stereocenters. The van der Waals surface area contributed by atoms with Crippen molar-refractivity contribution in [1.82, 2.24) is 0 Å². The van der Waals surface area contributed by atoms with E-state index in [0.717, 1.165) is 4.88 Å². The van der Waals surface area contributed by atoms with E-state index in [4.69, 9.17) is 9.47 Å². The molecule has 1 aromatic heterocycles. The van der Waals surface area contributed by atoms with Crippen LogP contribution in [0.5, 0.6) is 0 Å². The van der Waals surface area contributed by atoms with Crippen LogP contribution in [0.15, 0.2) is 35.3 Å². The molecule has 0 bridgehead atoms. The molecule has 0 spiro atoms. The zero-order valence-electron chi connectivity index (χ0n) is 8.84. The Bertz CT molecular complexity index is 514. The van der Waals surface area contributed by atoms with Crippen LogP contribution in [0.25, 0.3) is 10.1 Å². The molecule has 82 valence electrons. The maximum absolute atomic E-state index is 5.51. The molecule has 0 saturated carbocycles. The zero-order chi connectivity index (χ0) is 11.0. The number of aliphatic imine (C=N–C) groups is 1. The van der Waals surface area contributed by atoms with Crippen molar-refractivity contribution in [3.05, 3.63) is 35.2 Å². The highest BCUT2D eigenvalue weighted by atomic mass is 32.1. The predicted octanol–water partition coefficient (Wildman–Crippen LogP) is 2.65. The van der Waals surface area contributed by atoms with Gasteiger partial charge in [0, 0.05) is 11.8 Å². The summed E-state index contributed by atoms with van der Waals surface area (Å²) in [6.45, 7) is 0.514. The first-order chi connectivity index (χ1) is 7.86. The summed E-state index contributed by atoms with van der Waals surface area (Å²) in [5.74, 6) is 0.702. The normalized spacial score (nSPS) is 19.8. The van der Waals surface area contributed by atoms with E-state index in [-0.39, 0.29) is 6.23 Å². The number of benzene rings is 1. The number of fused-ring (bicyclic) bond motifs is 1. The summed E-state index contributed by atoms with van der Waals surface area (Å²) in [5.41, 5.74) is 0. The van der Waals surface area contributed by atoms with Crippen molar-refractivity contribution < 1.29 is 9.47 Å². The van der Waals surface area contributed by atoms with E-state index >= 15 is 0 Å². The van der Waals surface area contributed by atoms with Crippen LogP contribution in [-0.4, -0.2) is 25.8 Å². The Hall–Kier alpha value is -1.39. The molecule has 1 aromatic carbocycles. The zero-order valence-corrected chi connectivity index (χ0v) is 9.66. The van der Waals surface area contributed by atoms with Crippen LogP contribution in [0.3, 0.4) is 0 Å². The first-order valence-corrected chi connectivity index (χ1v) is 5.91. The summed E-state index contributed by atoms with van der Waals surface area (Å²) in [6, 6.07) is 10.4. The quantitative estimate of drug-likeness (QED) is 0.798. The van der Waals surface area contributed by atoms with Gasteiger partial charge in [0.25, 0.3) is 0 Å². The third-order valence-electron chi connectivity index (χ3n) is 2.53. The van der Waals surface area contributed by atoms with Gasteiger partial charge in [-0.05, 0) is 17.5 Å². The number of methoxy groups -OCH3 is 1. The van der Waals surface area contributed by atoms with Gasteiger partial charge in [0.1, 0.15) is 6.61 Å². The highest BCUT2D eigenvalue weighted by Crippen LogP contribution is 2.27. The van der Waals surface area contributed by atoms with Gasteiger partial charge in [-0.25, -0.2) is 4.99 Å². The first-order valence-electron chi connectivity index (χ1n) is 5.09. The van der Waals surface area contributed by atoms with Gasteiger partial charge in [0.2, 0.25) is 5.90 Å². The predicted molar refractivity (Wildman–Crippen MR) is 65.1 cm³/mol. The fraction of sp³-hybridized carbons (Fsp3) is 0.250. The summed E-state index contributed by atoms with van der Waals surface area (Å²) >= 11 is 1.70. The maximum Gasteiger partial charge on any atom is 0.229 e. The number of ether oxygens (including phenoxy) is 2. The summed E-state index contributed by atoms with van der Waals surface area (Å²) in [4.78, 5) is 5.42. The molecule has 0 amide bonds. The molecule has 0 aliphatic carbocycles. The SMILES string of the molecule is COC1COC(c2cc3ccccc3s2)=N1. The standard InChI is InChI=1S/C12H11NO2S/c1-14-11-7-15-12(13-11)10-6-8-4-2-3-5-9(8)16-10/h2-6,11H,7H2,1H3. The fourth-order valence-corrected chi connectivity index (χ4v) is 2.71. The Balaban J connectivity index is 2.00. The number of hydrogen-bond acceptors (Lipinski definition) is 4. The van der Waals surface area contributed by atoms with Gasteiger partial charge in [0.05, 0.1) is 4.88 Å². The minimum absolute atomic E-state index is 0.153. The molecule has 0 N–H and O–H groups in total. The lowest BCUT2D eigenvalue weighted by molar-refractivity contribution is 0.0834. The van der Waals surface area contributed by atoms with Crippen molar-refractivity contribution in [2.75, 3.05) is 13.7 Å². The molecule has 2 aromatic rings. The average molecular weight is 233 g/mol. The molecule has 0 fully saturated rings. The van der Waals surface area contributed by atoms with Crippen LogP contribution in [0.2, 0.25) is 0 Å². The van der Waals surface area contributed by atoms with Crippen LogP contribution in [0, 0.1) is 0 Å². The molecule has 2 heterocycles. The molecular formula is C12H11NO2S. The molecule has 1 atom stereocenters. The number of rotatable bonds is 2. The van der Waals surface area contributed by atoms with E-state index in [0.29, 0.717) is 12.5 Å². The van der Waals surface area contributed by atoms with Crippen molar-refractivity contribution in [1.29, 1.82) is 0 Å². The highest BCUT2D eigenvalue weighted by Gasteiger charge is 2.20. The monoisotopic (exact) mass is 233 g/mol. The molecule has 4 heteroatoms. The minimum atomic E-state index is -0.153. The van der Waals surface area contributed by atoms with Gasteiger partial charge in [-0.3, -0.25) is 0 Å². The molecule has 1 aliphatic heterocycles. The second kappa shape index (κ2) is 3.88. The molecule has 1 aliphatic rings. The van der Waals surface area contributed by atoms with Crippen molar-refractivity contribution in [2.45, 2.75) is 6.23 Å². The van der Waals surface area contributed by atoms with Crippen molar-refractivity contribution in [3.8, 4) is 0 Å².